The Balaban J connectivity index is 1.22. The fourth-order valence-electron chi connectivity index (χ4n) is 8.54. The van der Waals surface area contributed by atoms with Gasteiger partial charge in [0.15, 0.2) is 0 Å². The number of hydrogen-bond acceptors (Lipinski definition) is 1. The van der Waals surface area contributed by atoms with Gasteiger partial charge in [-0.05, 0) is 109 Å². The lowest BCUT2D eigenvalue weighted by molar-refractivity contribution is 0.768. The van der Waals surface area contributed by atoms with Gasteiger partial charge in [0.05, 0.1) is 10.9 Å². The van der Waals surface area contributed by atoms with Gasteiger partial charge in [-0.1, -0.05) is 194 Å². The summed E-state index contributed by atoms with van der Waals surface area (Å²) in [5.74, 6) is 0. The molecule has 0 amide bonds. The minimum atomic E-state index is -0.664. The maximum absolute atomic E-state index is 9.82. The molecular formula is C55H39N. The van der Waals surface area contributed by atoms with Gasteiger partial charge in [0, 0.05) is 17.1 Å². The normalized spacial score (nSPS) is 13.4. The average Bonchev–Trinajstić information content (AvgIpc) is 3.61. The maximum atomic E-state index is 9.82. The van der Waals surface area contributed by atoms with Crippen molar-refractivity contribution < 1.29 is 5.48 Å². The Hall–Kier alpha value is -7.22. The fraction of sp³-hybridized carbons (Fsp3) is 0.0182. The van der Waals surface area contributed by atoms with Crippen LogP contribution in [0.1, 0.15) is 27.7 Å². The Labute approximate surface area is 335 Å². The Morgan fingerprint density at radius 2 is 0.821 bits per heavy atom. The summed E-state index contributed by atoms with van der Waals surface area (Å²) in [5, 5.41) is 0. The molecule has 0 saturated carbocycles. The molecule has 0 atom stereocenters. The summed E-state index contributed by atoms with van der Waals surface area (Å²) in [4.78, 5) is 1.90. The minimum absolute atomic E-state index is 0.106. The second-order valence-electron chi connectivity index (χ2n) is 14.1. The van der Waals surface area contributed by atoms with Gasteiger partial charge in [-0.25, -0.2) is 0 Å². The summed E-state index contributed by atoms with van der Waals surface area (Å²) < 4.78 is 39.1. The van der Waals surface area contributed by atoms with Gasteiger partial charge in [-0.15, -0.1) is 0 Å². The second kappa shape index (κ2) is 14.2. The summed E-state index contributed by atoms with van der Waals surface area (Å²) in [6, 6.07) is 71.5. The van der Waals surface area contributed by atoms with E-state index in [1.165, 1.54) is 5.56 Å². The van der Waals surface area contributed by atoms with Gasteiger partial charge in [0.1, 0.15) is 0 Å². The van der Waals surface area contributed by atoms with Crippen LogP contribution in [0.3, 0.4) is 0 Å². The van der Waals surface area contributed by atoms with Crippen molar-refractivity contribution in [2.45, 2.75) is 5.41 Å². The van der Waals surface area contributed by atoms with Crippen LogP contribution in [0.15, 0.2) is 236 Å². The Bertz CT molecular complexity index is 2940. The minimum Gasteiger partial charge on any atom is -0.310 e. The number of fused-ring (bicyclic) bond motifs is 3. The van der Waals surface area contributed by atoms with E-state index in [-0.39, 0.29) is 35.4 Å². The summed E-state index contributed by atoms with van der Waals surface area (Å²) >= 11 is 0. The molecule has 0 heterocycles. The van der Waals surface area contributed by atoms with Gasteiger partial charge in [0.2, 0.25) is 0 Å². The Kier molecular flexibility index (Phi) is 7.40. The molecule has 9 aromatic rings. The Morgan fingerprint density at radius 1 is 0.304 bits per heavy atom. The van der Waals surface area contributed by atoms with Crippen molar-refractivity contribution in [3.8, 4) is 44.5 Å². The molecule has 0 saturated heterocycles. The molecule has 0 fully saturated rings. The molecule has 0 radical (unpaired) electrons. The first-order valence-corrected chi connectivity index (χ1v) is 19.0. The zero-order valence-electron chi connectivity index (χ0n) is 34.7. The number of nitrogens with zero attached hydrogens (tertiary/aromatic N) is 1. The first-order valence-electron chi connectivity index (χ1n) is 21.0. The molecule has 1 heteroatoms. The highest BCUT2D eigenvalue weighted by Crippen LogP contribution is 2.57. The predicted molar refractivity (Wildman–Crippen MR) is 235 cm³/mol. The lowest BCUT2D eigenvalue weighted by Crippen LogP contribution is -2.28. The van der Waals surface area contributed by atoms with Crippen LogP contribution in [-0.2, 0) is 5.41 Å². The molecule has 1 aliphatic carbocycles. The van der Waals surface area contributed by atoms with Crippen LogP contribution < -0.4 is 4.90 Å². The molecule has 9 aromatic carbocycles. The highest BCUT2D eigenvalue weighted by atomic mass is 15.1. The number of rotatable bonds is 8. The van der Waals surface area contributed by atoms with Crippen molar-refractivity contribution in [1.29, 1.82) is 0 Å². The lowest BCUT2D eigenvalue weighted by atomic mass is 9.67. The largest absolute Gasteiger partial charge is 0.310 e. The van der Waals surface area contributed by atoms with Crippen LogP contribution in [0.2, 0.25) is 0 Å². The van der Waals surface area contributed by atoms with Crippen LogP contribution in [-0.4, -0.2) is 0 Å². The van der Waals surface area contributed by atoms with Crippen LogP contribution >= 0.6 is 0 Å². The SMILES string of the molecule is [2H]c1c([2H])c(N(c2ccccc2)c2ccc3c(c2)C(c2ccccc2)(c2ccccc2)c2ccccc2-3)c([2H])c([2H])c1-c1cc(-c2ccccc2)ccc1-c1ccccc1. The van der Waals surface area contributed by atoms with Crippen LogP contribution in [0.4, 0.5) is 17.1 Å². The second-order valence-corrected chi connectivity index (χ2v) is 14.1. The third-order valence-corrected chi connectivity index (χ3v) is 11.0. The topological polar surface area (TPSA) is 3.24 Å². The van der Waals surface area contributed by atoms with Gasteiger partial charge >= 0.3 is 0 Å². The monoisotopic (exact) mass is 717 g/mol. The van der Waals surface area contributed by atoms with E-state index in [0.29, 0.717) is 5.56 Å². The van der Waals surface area contributed by atoms with E-state index in [9.17, 15) is 5.48 Å². The van der Waals surface area contributed by atoms with Gasteiger partial charge in [-0.3, -0.25) is 0 Å². The summed E-state index contributed by atoms with van der Waals surface area (Å²) in [5.41, 5.74) is 12.3. The summed E-state index contributed by atoms with van der Waals surface area (Å²) in [6.07, 6.45) is 0. The highest BCUT2D eigenvalue weighted by molar-refractivity contribution is 5.91. The van der Waals surface area contributed by atoms with Crippen LogP contribution in [0.5, 0.6) is 0 Å². The molecule has 1 aliphatic rings. The highest BCUT2D eigenvalue weighted by Gasteiger charge is 2.46. The van der Waals surface area contributed by atoms with Crippen molar-refractivity contribution in [2.75, 3.05) is 4.90 Å². The predicted octanol–water partition coefficient (Wildman–Crippen LogP) is 14.5. The van der Waals surface area contributed by atoms with Crippen molar-refractivity contribution in [2.24, 2.45) is 0 Å². The van der Waals surface area contributed by atoms with E-state index in [4.69, 9.17) is 0 Å². The molecule has 10 rings (SSSR count). The maximum Gasteiger partial charge on any atom is 0.0714 e. The first-order chi connectivity index (χ1) is 29.5. The number of para-hydroxylation sites is 1. The van der Waals surface area contributed by atoms with Crippen molar-refractivity contribution in [3.63, 3.8) is 0 Å². The molecule has 264 valence electrons. The zero-order chi connectivity index (χ0) is 40.8. The van der Waals surface area contributed by atoms with Crippen LogP contribution in [0.25, 0.3) is 44.5 Å². The molecule has 0 aromatic heterocycles. The summed E-state index contributed by atoms with van der Waals surface area (Å²) in [6.45, 7) is 0. The van der Waals surface area contributed by atoms with Crippen molar-refractivity contribution in [3.05, 3.63) is 259 Å². The number of benzene rings is 9. The molecule has 0 N–H and O–H groups in total. The molecule has 0 spiro atoms. The van der Waals surface area contributed by atoms with E-state index in [1.54, 1.807) is 0 Å². The molecule has 0 unspecified atom stereocenters. The van der Waals surface area contributed by atoms with Crippen LogP contribution in [0, 0.1) is 0 Å². The lowest BCUT2D eigenvalue weighted by Gasteiger charge is -2.35. The Morgan fingerprint density at radius 3 is 1.46 bits per heavy atom. The fourth-order valence-corrected chi connectivity index (χ4v) is 8.54. The average molecular weight is 718 g/mol. The standard InChI is InChI=1S/C55H39N/c1-6-18-40(19-7-1)43-32-36-49(41-20-8-2-9-21-41)52(38-43)42-30-33-47(34-31-42)56(46-26-14-5-15-27-46)48-35-37-51-50-28-16-17-29-53(50)55(54(51)39-48,44-22-10-3-11-23-44)45-24-12-4-13-25-45/h1-39H/i30D,31D,33D,34D. The first kappa shape index (κ1) is 29.2. The van der Waals surface area contributed by atoms with Crippen molar-refractivity contribution >= 4 is 17.1 Å². The third kappa shape index (κ3) is 5.65. The van der Waals surface area contributed by atoms with E-state index in [2.05, 4.69) is 91.0 Å². The summed E-state index contributed by atoms with van der Waals surface area (Å²) in [7, 11) is 0. The van der Waals surface area contributed by atoms with Gasteiger partial charge in [0.25, 0.3) is 0 Å². The van der Waals surface area contributed by atoms with E-state index < -0.39 is 5.41 Å². The molecule has 0 aliphatic heterocycles. The van der Waals surface area contributed by atoms with E-state index in [0.717, 1.165) is 61.4 Å². The molecule has 0 bridgehead atoms. The zero-order valence-corrected chi connectivity index (χ0v) is 30.7. The number of anilines is 3. The van der Waals surface area contributed by atoms with Crippen molar-refractivity contribution in [1.82, 2.24) is 0 Å². The van der Waals surface area contributed by atoms with Gasteiger partial charge < -0.3 is 4.90 Å². The van der Waals surface area contributed by atoms with E-state index in [1.807, 2.05) is 126 Å². The van der Waals surface area contributed by atoms with E-state index >= 15 is 0 Å². The smallest absolute Gasteiger partial charge is 0.0714 e. The van der Waals surface area contributed by atoms with Gasteiger partial charge in [-0.2, -0.15) is 0 Å². The molecule has 56 heavy (non-hydrogen) atoms. The quantitative estimate of drug-likeness (QED) is 0.151. The number of hydrogen-bond donors (Lipinski definition) is 0. The third-order valence-electron chi connectivity index (χ3n) is 11.0. The molecular weight excluding hydrogens is 675 g/mol. The molecule has 1 nitrogen and oxygen atoms in total.